The molecule has 1 heterocycles. The summed E-state index contributed by atoms with van der Waals surface area (Å²) in [5, 5.41) is 0. The standard InChI is InChI=1S/C12H18N2O/c1-2-4-11-9-6-3-5-8(9)10(7-13)12(15)14-11/h2-7,13H2,1H3,(H,14,15). The van der Waals surface area contributed by atoms with Crippen molar-refractivity contribution in [1.82, 2.24) is 4.98 Å². The van der Waals surface area contributed by atoms with E-state index in [4.69, 9.17) is 5.73 Å². The fourth-order valence-electron chi connectivity index (χ4n) is 2.51. The molecular formula is C12H18N2O. The first-order valence-corrected chi connectivity index (χ1v) is 5.73. The molecule has 82 valence electrons. The number of aryl methyl sites for hydroxylation is 1. The van der Waals surface area contributed by atoms with E-state index in [-0.39, 0.29) is 5.56 Å². The molecule has 3 heteroatoms. The molecule has 0 amide bonds. The molecule has 1 aromatic rings. The zero-order chi connectivity index (χ0) is 10.8. The zero-order valence-electron chi connectivity index (χ0n) is 9.23. The quantitative estimate of drug-likeness (QED) is 0.782. The van der Waals surface area contributed by atoms with Gasteiger partial charge in [0, 0.05) is 17.8 Å². The van der Waals surface area contributed by atoms with Crippen LogP contribution in [-0.4, -0.2) is 4.98 Å². The molecular weight excluding hydrogens is 188 g/mol. The topological polar surface area (TPSA) is 58.9 Å². The predicted molar refractivity (Wildman–Crippen MR) is 61.0 cm³/mol. The molecule has 0 saturated heterocycles. The summed E-state index contributed by atoms with van der Waals surface area (Å²) in [6, 6.07) is 0. The summed E-state index contributed by atoms with van der Waals surface area (Å²) >= 11 is 0. The highest BCUT2D eigenvalue weighted by molar-refractivity contribution is 5.40. The Bertz CT molecular complexity index is 420. The molecule has 0 unspecified atom stereocenters. The number of fused-ring (bicyclic) bond motifs is 1. The van der Waals surface area contributed by atoms with E-state index in [2.05, 4.69) is 11.9 Å². The number of pyridine rings is 1. The summed E-state index contributed by atoms with van der Waals surface area (Å²) in [7, 11) is 0. The van der Waals surface area contributed by atoms with Crippen molar-refractivity contribution >= 4 is 0 Å². The Morgan fingerprint density at radius 2 is 2.07 bits per heavy atom. The third kappa shape index (κ3) is 1.72. The molecule has 1 aliphatic carbocycles. The van der Waals surface area contributed by atoms with Gasteiger partial charge in [-0.25, -0.2) is 0 Å². The Morgan fingerprint density at radius 3 is 2.73 bits per heavy atom. The number of hydrogen-bond acceptors (Lipinski definition) is 2. The van der Waals surface area contributed by atoms with Gasteiger partial charge in [-0.3, -0.25) is 4.79 Å². The van der Waals surface area contributed by atoms with E-state index in [9.17, 15) is 4.79 Å². The molecule has 1 aliphatic rings. The molecule has 0 spiro atoms. The van der Waals surface area contributed by atoms with Gasteiger partial charge in [0.05, 0.1) is 0 Å². The zero-order valence-corrected chi connectivity index (χ0v) is 9.23. The van der Waals surface area contributed by atoms with Crippen LogP contribution < -0.4 is 11.3 Å². The summed E-state index contributed by atoms with van der Waals surface area (Å²) < 4.78 is 0. The molecule has 0 bridgehead atoms. The van der Waals surface area contributed by atoms with Gasteiger partial charge in [-0.05, 0) is 36.8 Å². The van der Waals surface area contributed by atoms with E-state index in [0.717, 1.165) is 43.4 Å². The average molecular weight is 206 g/mol. The van der Waals surface area contributed by atoms with Gasteiger partial charge in [-0.1, -0.05) is 13.3 Å². The number of hydrogen-bond donors (Lipinski definition) is 2. The molecule has 0 radical (unpaired) electrons. The fraction of sp³-hybridized carbons (Fsp3) is 0.583. The van der Waals surface area contributed by atoms with Gasteiger partial charge in [-0.15, -0.1) is 0 Å². The highest BCUT2D eigenvalue weighted by atomic mass is 16.1. The monoisotopic (exact) mass is 206 g/mol. The van der Waals surface area contributed by atoms with E-state index < -0.39 is 0 Å². The number of aromatic nitrogens is 1. The highest BCUT2D eigenvalue weighted by Gasteiger charge is 2.20. The maximum absolute atomic E-state index is 11.8. The normalized spacial score (nSPS) is 14.3. The van der Waals surface area contributed by atoms with Gasteiger partial charge in [-0.2, -0.15) is 0 Å². The van der Waals surface area contributed by atoms with E-state index in [1.165, 1.54) is 11.1 Å². The third-order valence-electron chi connectivity index (χ3n) is 3.19. The van der Waals surface area contributed by atoms with Crippen molar-refractivity contribution in [3.63, 3.8) is 0 Å². The Hall–Kier alpha value is -1.09. The van der Waals surface area contributed by atoms with Crippen LogP contribution in [-0.2, 0) is 25.8 Å². The second kappa shape index (κ2) is 4.19. The van der Waals surface area contributed by atoms with Crippen molar-refractivity contribution < 1.29 is 0 Å². The Morgan fingerprint density at radius 1 is 1.33 bits per heavy atom. The Kier molecular flexibility index (Phi) is 2.91. The van der Waals surface area contributed by atoms with Crippen molar-refractivity contribution in [2.75, 3.05) is 0 Å². The van der Waals surface area contributed by atoms with Gasteiger partial charge in [0.2, 0.25) is 0 Å². The first-order chi connectivity index (χ1) is 7.27. The van der Waals surface area contributed by atoms with Crippen LogP contribution in [0.2, 0.25) is 0 Å². The van der Waals surface area contributed by atoms with Crippen molar-refractivity contribution in [3.05, 3.63) is 32.7 Å². The average Bonchev–Trinajstić information content (AvgIpc) is 2.67. The SMILES string of the molecule is CCCc1[nH]c(=O)c(CN)c2c1CCC2. The highest BCUT2D eigenvalue weighted by Crippen LogP contribution is 2.25. The number of nitrogens with one attached hydrogen (secondary N) is 1. The van der Waals surface area contributed by atoms with Crippen molar-refractivity contribution in [2.24, 2.45) is 5.73 Å². The second-order valence-electron chi connectivity index (χ2n) is 4.18. The first kappa shape index (κ1) is 10.4. The predicted octanol–water partition coefficient (Wildman–Crippen LogP) is 1.27. The number of nitrogens with two attached hydrogens (primary N) is 1. The first-order valence-electron chi connectivity index (χ1n) is 5.73. The second-order valence-corrected chi connectivity index (χ2v) is 4.18. The molecule has 0 aliphatic heterocycles. The van der Waals surface area contributed by atoms with Crippen molar-refractivity contribution in [1.29, 1.82) is 0 Å². The van der Waals surface area contributed by atoms with Gasteiger partial charge in [0.15, 0.2) is 0 Å². The number of H-pyrrole nitrogens is 1. The maximum Gasteiger partial charge on any atom is 0.252 e. The molecule has 0 atom stereocenters. The van der Waals surface area contributed by atoms with Crippen molar-refractivity contribution in [2.45, 2.75) is 45.6 Å². The molecule has 3 N–H and O–H groups in total. The summed E-state index contributed by atoms with van der Waals surface area (Å²) in [4.78, 5) is 14.8. The van der Waals surface area contributed by atoms with E-state index in [1.54, 1.807) is 0 Å². The Labute approximate surface area is 89.7 Å². The van der Waals surface area contributed by atoms with E-state index in [1.807, 2.05) is 0 Å². The van der Waals surface area contributed by atoms with Crippen LogP contribution >= 0.6 is 0 Å². The molecule has 0 saturated carbocycles. The fourth-order valence-corrected chi connectivity index (χ4v) is 2.51. The maximum atomic E-state index is 11.8. The third-order valence-corrected chi connectivity index (χ3v) is 3.19. The van der Waals surface area contributed by atoms with E-state index in [0.29, 0.717) is 6.54 Å². The molecule has 3 nitrogen and oxygen atoms in total. The smallest absolute Gasteiger partial charge is 0.252 e. The van der Waals surface area contributed by atoms with Crippen LogP contribution in [0.3, 0.4) is 0 Å². The van der Waals surface area contributed by atoms with Crippen LogP contribution in [0.15, 0.2) is 4.79 Å². The summed E-state index contributed by atoms with van der Waals surface area (Å²) in [6.07, 6.45) is 5.35. The minimum Gasteiger partial charge on any atom is -0.326 e. The lowest BCUT2D eigenvalue weighted by Gasteiger charge is -2.10. The molecule has 2 rings (SSSR count). The van der Waals surface area contributed by atoms with Crippen LogP contribution in [0.1, 0.15) is 42.1 Å². The lowest BCUT2D eigenvalue weighted by molar-refractivity contribution is 0.839. The largest absolute Gasteiger partial charge is 0.326 e. The summed E-state index contributed by atoms with van der Waals surface area (Å²) in [5.41, 5.74) is 10.2. The van der Waals surface area contributed by atoms with Gasteiger partial charge in [0.25, 0.3) is 5.56 Å². The van der Waals surface area contributed by atoms with E-state index >= 15 is 0 Å². The number of aromatic amines is 1. The summed E-state index contributed by atoms with van der Waals surface area (Å²) in [6.45, 7) is 2.50. The summed E-state index contributed by atoms with van der Waals surface area (Å²) in [5.74, 6) is 0. The van der Waals surface area contributed by atoms with Crippen LogP contribution in [0.5, 0.6) is 0 Å². The lowest BCUT2D eigenvalue weighted by atomic mass is 10.0. The van der Waals surface area contributed by atoms with Crippen LogP contribution in [0.25, 0.3) is 0 Å². The molecule has 1 aromatic heterocycles. The van der Waals surface area contributed by atoms with Crippen LogP contribution in [0.4, 0.5) is 0 Å². The van der Waals surface area contributed by atoms with Gasteiger partial charge in [0.1, 0.15) is 0 Å². The van der Waals surface area contributed by atoms with Gasteiger partial charge < -0.3 is 10.7 Å². The molecule has 0 aromatic carbocycles. The Balaban J connectivity index is 2.57. The van der Waals surface area contributed by atoms with Crippen molar-refractivity contribution in [3.8, 4) is 0 Å². The van der Waals surface area contributed by atoms with Crippen LogP contribution in [0, 0.1) is 0 Å². The molecule has 15 heavy (non-hydrogen) atoms. The van der Waals surface area contributed by atoms with Gasteiger partial charge >= 0.3 is 0 Å². The molecule has 0 fully saturated rings. The minimum absolute atomic E-state index is 0.0293. The minimum atomic E-state index is 0.0293. The number of rotatable bonds is 3. The lowest BCUT2D eigenvalue weighted by Crippen LogP contribution is -2.21.